The van der Waals surface area contributed by atoms with Gasteiger partial charge in [-0.05, 0) is 31.9 Å². The van der Waals surface area contributed by atoms with Crippen molar-refractivity contribution in [3.05, 3.63) is 41.1 Å². The first-order valence-corrected chi connectivity index (χ1v) is 10.8. The number of piperidine rings is 1. The molecule has 1 fully saturated rings. The highest BCUT2D eigenvalue weighted by Crippen LogP contribution is 2.22. The number of esters is 1. The number of ether oxygens (including phenoxy) is 1. The average molecular weight is 423 g/mol. The van der Waals surface area contributed by atoms with Gasteiger partial charge in [-0.15, -0.1) is 0 Å². The second-order valence-electron chi connectivity index (χ2n) is 6.99. The Morgan fingerprint density at radius 3 is 2.55 bits per heavy atom. The summed E-state index contributed by atoms with van der Waals surface area (Å²) in [4.78, 5) is 24.3. The van der Waals surface area contributed by atoms with Gasteiger partial charge in [0.15, 0.2) is 0 Å². The first-order chi connectivity index (χ1) is 13.7. The largest absolute Gasteiger partial charge is 0.465 e. The molecule has 3 heterocycles. The highest BCUT2D eigenvalue weighted by molar-refractivity contribution is 7.89. The molecule has 0 unspecified atom stereocenters. The number of hydrogen-bond acceptors (Lipinski definition) is 6. The van der Waals surface area contributed by atoms with Gasteiger partial charge in [-0.25, -0.2) is 13.2 Å². The Balaban J connectivity index is 1.71. The van der Waals surface area contributed by atoms with Crippen LogP contribution in [0.25, 0.3) is 0 Å². The summed E-state index contributed by atoms with van der Waals surface area (Å²) in [6.45, 7) is 2.68. The van der Waals surface area contributed by atoms with Gasteiger partial charge in [0, 0.05) is 26.3 Å². The summed E-state index contributed by atoms with van der Waals surface area (Å²) in [6, 6.07) is 2.89. The molecule has 158 valence electrons. The van der Waals surface area contributed by atoms with Crippen LogP contribution in [0.2, 0.25) is 0 Å². The molecule has 0 saturated carbocycles. The van der Waals surface area contributed by atoms with Gasteiger partial charge in [0.25, 0.3) is 5.91 Å². The number of hydrogen-bond donors (Lipinski definition) is 1. The van der Waals surface area contributed by atoms with Crippen molar-refractivity contribution in [1.82, 2.24) is 14.2 Å². The molecule has 1 amide bonds. The lowest BCUT2D eigenvalue weighted by Crippen LogP contribution is -2.35. The van der Waals surface area contributed by atoms with E-state index in [0.717, 1.165) is 19.3 Å². The molecule has 0 aliphatic carbocycles. The lowest BCUT2D eigenvalue weighted by Gasteiger charge is -2.25. The van der Waals surface area contributed by atoms with Crippen molar-refractivity contribution in [2.24, 2.45) is 7.05 Å². The minimum atomic E-state index is -3.62. The van der Waals surface area contributed by atoms with E-state index in [0.29, 0.717) is 30.2 Å². The van der Waals surface area contributed by atoms with E-state index >= 15 is 0 Å². The summed E-state index contributed by atoms with van der Waals surface area (Å²) in [7, 11) is -0.716. The fourth-order valence-corrected chi connectivity index (χ4v) is 4.95. The predicted molar refractivity (Wildman–Crippen MR) is 104 cm³/mol. The van der Waals surface area contributed by atoms with E-state index < -0.39 is 21.9 Å². The van der Waals surface area contributed by atoms with E-state index in [2.05, 4.69) is 10.1 Å². The first kappa shape index (κ1) is 21.1. The fraction of sp³-hybridized carbons (Fsp3) is 0.474. The van der Waals surface area contributed by atoms with Gasteiger partial charge in [0.05, 0.1) is 13.7 Å². The number of nitrogens with zero attached hydrogens (tertiary/aromatic N) is 2. The number of carbonyl (C=O) groups is 2. The minimum Gasteiger partial charge on any atom is -0.465 e. The number of furan rings is 1. The van der Waals surface area contributed by atoms with E-state index in [-0.39, 0.29) is 17.1 Å². The van der Waals surface area contributed by atoms with Crippen molar-refractivity contribution < 1.29 is 27.2 Å². The molecule has 2 aromatic rings. The van der Waals surface area contributed by atoms with Crippen LogP contribution in [0.3, 0.4) is 0 Å². The number of rotatable bonds is 6. The van der Waals surface area contributed by atoms with Gasteiger partial charge in [-0.3, -0.25) is 4.79 Å². The Kier molecular flexibility index (Phi) is 6.13. The smallest absolute Gasteiger partial charge is 0.341 e. The van der Waals surface area contributed by atoms with Crippen LogP contribution in [0, 0.1) is 6.92 Å². The van der Waals surface area contributed by atoms with Gasteiger partial charge in [-0.2, -0.15) is 4.31 Å². The van der Waals surface area contributed by atoms with E-state index in [1.54, 1.807) is 14.0 Å². The number of amides is 1. The molecule has 1 saturated heterocycles. The van der Waals surface area contributed by atoms with E-state index in [4.69, 9.17) is 4.42 Å². The number of sulfonamides is 1. The topological polar surface area (TPSA) is 111 Å². The first-order valence-electron chi connectivity index (χ1n) is 9.36. The summed E-state index contributed by atoms with van der Waals surface area (Å²) >= 11 is 0. The number of methoxy groups -OCH3 is 1. The monoisotopic (exact) mass is 423 g/mol. The molecule has 1 aliphatic rings. The molecule has 0 radical (unpaired) electrons. The molecule has 1 aliphatic heterocycles. The summed E-state index contributed by atoms with van der Waals surface area (Å²) in [6.07, 6.45) is 4.16. The normalized spacial score (nSPS) is 15.3. The van der Waals surface area contributed by atoms with Crippen LogP contribution < -0.4 is 5.32 Å². The quantitative estimate of drug-likeness (QED) is 0.710. The predicted octanol–water partition coefficient (Wildman–Crippen LogP) is 1.82. The number of nitrogens with one attached hydrogen (secondary N) is 1. The zero-order valence-electron chi connectivity index (χ0n) is 16.7. The van der Waals surface area contributed by atoms with Crippen molar-refractivity contribution in [3.63, 3.8) is 0 Å². The molecule has 9 nitrogen and oxygen atoms in total. The van der Waals surface area contributed by atoms with Crippen LogP contribution in [0.15, 0.2) is 27.6 Å². The van der Waals surface area contributed by atoms with Crippen molar-refractivity contribution in [2.75, 3.05) is 20.2 Å². The molecule has 0 aromatic carbocycles. The van der Waals surface area contributed by atoms with Crippen molar-refractivity contribution >= 4 is 21.9 Å². The third-order valence-electron chi connectivity index (χ3n) is 4.96. The lowest BCUT2D eigenvalue weighted by atomic mass is 10.2. The third-order valence-corrected chi connectivity index (χ3v) is 6.83. The minimum absolute atomic E-state index is 0.0516. The zero-order chi connectivity index (χ0) is 21.2. The Morgan fingerprint density at radius 1 is 1.21 bits per heavy atom. The SMILES string of the molecule is COC(=O)c1cc(CNC(=O)c2cc(S(=O)(=O)N3CCCCC3)cn2C)oc1C. The lowest BCUT2D eigenvalue weighted by molar-refractivity contribution is 0.0598. The van der Waals surface area contributed by atoms with E-state index in [1.807, 2.05) is 0 Å². The van der Waals surface area contributed by atoms with Crippen molar-refractivity contribution in [2.45, 2.75) is 37.6 Å². The molecule has 3 rings (SSSR count). The van der Waals surface area contributed by atoms with Gasteiger partial charge in [0.1, 0.15) is 27.7 Å². The Bertz CT molecular complexity index is 1010. The maximum atomic E-state index is 12.8. The van der Waals surface area contributed by atoms with Crippen LogP contribution in [0.1, 0.15) is 51.6 Å². The average Bonchev–Trinajstić information content (AvgIpc) is 3.29. The summed E-state index contributed by atoms with van der Waals surface area (Å²) < 4.78 is 38.7. The fourth-order valence-electron chi connectivity index (χ4n) is 3.36. The maximum absolute atomic E-state index is 12.8. The Labute approximate surface area is 169 Å². The summed E-state index contributed by atoms with van der Waals surface area (Å²) in [5.41, 5.74) is 0.516. The van der Waals surface area contributed by atoms with Crippen LogP contribution in [0.5, 0.6) is 0 Å². The van der Waals surface area contributed by atoms with Gasteiger partial charge >= 0.3 is 5.97 Å². The second-order valence-corrected chi connectivity index (χ2v) is 8.93. The van der Waals surface area contributed by atoms with Gasteiger partial charge in [-0.1, -0.05) is 6.42 Å². The summed E-state index contributed by atoms with van der Waals surface area (Å²) in [5, 5.41) is 2.68. The van der Waals surface area contributed by atoms with Gasteiger partial charge < -0.3 is 19.0 Å². The van der Waals surface area contributed by atoms with E-state index in [1.165, 1.54) is 34.3 Å². The van der Waals surface area contributed by atoms with E-state index in [9.17, 15) is 18.0 Å². The third kappa shape index (κ3) is 4.38. The van der Waals surface area contributed by atoms with Crippen LogP contribution in [-0.2, 0) is 28.4 Å². The highest BCUT2D eigenvalue weighted by Gasteiger charge is 2.28. The highest BCUT2D eigenvalue weighted by atomic mass is 32.2. The Hall–Kier alpha value is -2.59. The maximum Gasteiger partial charge on any atom is 0.341 e. The molecular formula is C19H25N3O6S. The molecule has 1 N–H and O–H groups in total. The number of aryl methyl sites for hydroxylation is 2. The van der Waals surface area contributed by atoms with Crippen LogP contribution >= 0.6 is 0 Å². The summed E-state index contributed by atoms with van der Waals surface area (Å²) in [5.74, 6) is -0.165. The molecular weight excluding hydrogens is 398 g/mol. The number of carbonyl (C=O) groups excluding carboxylic acids is 2. The standard InChI is InChI=1S/C19H25N3O6S/c1-13-16(19(24)27-3)9-14(28-13)11-20-18(23)17-10-15(12-21(17)2)29(25,26)22-7-5-4-6-8-22/h9-10,12H,4-8,11H2,1-3H3,(H,20,23). The Morgan fingerprint density at radius 2 is 1.90 bits per heavy atom. The second kappa shape index (κ2) is 8.42. The molecule has 0 atom stereocenters. The molecule has 0 bridgehead atoms. The molecule has 0 spiro atoms. The van der Waals surface area contributed by atoms with Crippen LogP contribution in [0.4, 0.5) is 0 Å². The van der Waals surface area contributed by atoms with Gasteiger partial charge in [0.2, 0.25) is 10.0 Å². The van der Waals surface area contributed by atoms with Crippen LogP contribution in [-0.4, -0.2) is 49.4 Å². The molecule has 10 heteroatoms. The number of aromatic nitrogens is 1. The molecule has 29 heavy (non-hydrogen) atoms. The molecule has 2 aromatic heterocycles. The zero-order valence-corrected chi connectivity index (χ0v) is 17.5. The van der Waals surface area contributed by atoms with Crippen molar-refractivity contribution in [3.8, 4) is 0 Å². The van der Waals surface area contributed by atoms with Crippen molar-refractivity contribution in [1.29, 1.82) is 0 Å².